The normalized spacial score (nSPS) is 12.4. The van der Waals surface area contributed by atoms with Crippen molar-refractivity contribution in [2.24, 2.45) is 5.84 Å². The van der Waals surface area contributed by atoms with Gasteiger partial charge in [0.1, 0.15) is 5.75 Å². The van der Waals surface area contributed by atoms with Gasteiger partial charge in [0.05, 0.1) is 23.7 Å². The monoisotopic (exact) mass is 278 g/mol. The van der Waals surface area contributed by atoms with Crippen molar-refractivity contribution in [3.63, 3.8) is 0 Å². The molecular weight excluding hydrogens is 260 g/mol. The minimum Gasteiger partial charge on any atom is -0.497 e. The maximum absolute atomic E-state index is 5.62. The van der Waals surface area contributed by atoms with Gasteiger partial charge in [-0.25, -0.2) is 0 Å². The van der Waals surface area contributed by atoms with Crippen LogP contribution in [0.2, 0.25) is 0 Å². The van der Waals surface area contributed by atoms with Gasteiger partial charge in [0.2, 0.25) is 0 Å². The molecule has 2 aromatic rings. The minimum atomic E-state index is 0.0992. The number of nitrogens with one attached hydrogen (secondary N) is 1. The number of aromatic nitrogens is 2. The van der Waals surface area contributed by atoms with Gasteiger partial charge in [0.25, 0.3) is 0 Å². The highest BCUT2D eigenvalue weighted by molar-refractivity contribution is 7.05. The van der Waals surface area contributed by atoms with Crippen LogP contribution in [0.3, 0.4) is 0 Å². The third kappa shape index (κ3) is 3.50. The molecule has 1 aromatic heterocycles. The molecule has 3 N–H and O–H groups in total. The first-order chi connectivity index (χ1) is 9.24. The molecule has 1 aromatic carbocycles. The van der Waals surface area contributed by atoms with Crippen molar-refractivity contribution < 1.29 is 4.74 Å². The number of hydrogen-bond donors (Lipinski definition) is 2. The van der Waals surface area contributed by atoms with Crippen LogP contribution in [0.5, 0.6) is 5.75 Å². The van der Waals surface area contributed by atoms with Crippen molar-refractivity contribution in [2.45, 2.75) is 25.8 Å². The fourth-order valence-electron chi connectivity index (χ4n) is 1.95. The van der Waals surface area contributed by atoms with E-state index in [4.69, 9.17) is 10.6 Å². The first-order valence-electron chi connectivity index (χ1n) is 6.12. The van der Waals surface area contributed by atoms with Crippen LogP contribution in [-0.2, 0) is 6.42 Å². The molecule has 102 valence electrons. The van der Waals surface area contributed by atoms with Crippen LogP contribution in [0.25, 0.3) is 0 Å². The quantitative estimate of drug-likeness (QED) is 0.624. The number of methoxy groups -OCH3 is 1. The predicted molar refractivity (Wildman–Crippen MR) is 76.0 cm³/mol. The second kappa shape index (κ2) is 6.60. The van der Waals surface area contributed by atoms with Gasteiger partial charge in [-0.3, -0.25) is 11.3 Å². The van der Waals surface area contributed by atoms with Gasteiger partial charge in [-0.05, 0) is 49.0 Å². The molecule has 19 heavy (non-hydrogen) atoms. The van der Waals surface area contributed by atoms with E-state index in [0.717, 1.165) is 29.2 Å². The van der Waals surface area contributed by atoms with Crippen LogP contribution >= 0.6 is 11.5 Å². The maximum Gasteiger partial charge on any atom is 0.118 e. The highest BCUT2D eigenvalue weighted by atomic mass is 32.1. The number of ether oxygens (including phenoxy) is 1. The third-order valence-corrected chi connectivity index (χ3v) is 4.02. The van der Waals surface area contributed by atoms with E-state index in [0.29, 0.717) is 0 Å². The summed E-state index contributed by atoms with van der Waals surface area (Å²) in [7, 11) is 1.67. The largest absolute Gasteiger partial charge is 0.497 e. The molecule has 1 heterocycles. The van der Waals surface area contributed by atoms with Gasteiger partial charge in [-0.15, -0.1) is 5.10 Å². The Morgan fingerprint density at radius 2 is 2.11 bits per heavy atom. The second-order valence-corrected chi connectivity index (χ2v) is 5.11. The summed E-state index contributed by atoms with van der Waals surface area (Å²) in [6.07, 6.45) is 1.85. The van der Waals surface area contributed by atoms with Gasteiger partial charge in [0, 0.05) is 0 Å². The summed E-state index contributed by atoms with van der Waals surface area (Å²) in [5.41, 5.74) is 5.05. The third-order valence-electron chi connectivity index (χ3n) is 3.09. The van der Waals surface area contributed by atoms with E-state index in [-0.39, 0.29) is 6.04 Å². The van der Waals surface area contributed by atoms with E-state index >= 15 is 0 Å². The topological polar surface area (TPSA) is 73.1 Å². The Hall–Kier alpha value is -1.50. The van der Waals surface area contributed by atoms with Gasteiger partial charge in [-0.2, -0.15) is 0 Å². The van der Waals surface area contributed by atoms with Crippen molar-refractivity contribution in [1.29, 1.82) is 0 Å². The maximum atomic E-state index is 5.62. The molecule has 0 aliphatic rings. The van der Waals surface area contributed by atoms with E-state index in [1.54, 1.807) is 7.11 Å². The molecule has 1 unspecified atom stereocenters. The lowest BCUT2D eigenvalue weighted by molar-refractivity contribution is 0.414. The number of hydrogen-bond acceptors (Lipinski definition) is 6. The molecule has 5 nitrogen and oxygen atoms in total. The molecule has 0 spiro atoms. The Labute approximate surface area is 116 Å². The van der Waals surface area contributed by atoms with Crippen LogP contribution in [-0.4, -0.2) is 16.7 Å². The summed E-state index contributed by atoms with van der Waals surface area (Å²) in [6.45, 7) is 1.95. The van der Waals surface area contributed by atoms with Crippen LogP contribution in [0.4, 0.5) is 0 Å². The van der Waals surface area contributed by atoms with E-state index in [1.807, 2.05) is 19.1 Å². The van der Waals surface area contributed by atoms with Crippen LogP contribution in [0.15, 0.2) is 24.3 Å². The summed E-state index contributed by atoms with van der Waals surface area (Å²) in [5, 5.41) is 4.02. The molecule has 0 aliphatic carbocycles. The Balaban J connectivity index is 1.98. The molecule has 0 saturated heterocycles. The van der Waals surface area contributed by atoms with Crippen LogP contribution in [0.1, 0.15) is 28.6 Å². The van der Waals surface area contributed by atoms with Crippen molar-refractivity contribution in [1.82, 2.24) is 15.0 Å². The molecule has 0 radical (unpaired) electrons. The summed E-state index contributed by atoms with van der Waals surface area (Å²) < 4.78 is 9.09. The van der Waals surface area contributed by atoms with Crippen molar-refractivity contribution in [3.05, 3.63) is 40.4 Å². The van der Waals surface area contributed by atoms with E-state index in [2.05, 4.69) is 27.1 Å². The van der Waals surface area contributed by atoms with Gasteiger partial charge >= 0.3 is 0 Å². The number of nitrogens with zero attached hydrogens (tertiary/aromatic N) is 2. The van der Waals surface area contributed by atoms with Crippen LogP contribution < -0.4 is 16.0 Å². The number of benzene rings is 1. The summed E-state index contributed by atoms with van der Waals surface area (Å²) in [4.78, 5) is 1.11. The van der Waals surface area contributed by atoms with E-state index < -0.39 is 0 Å². The molecule has 0 amide bonds. The van der Waals surface area contributed by atoms with Gasteiger partial charge in [-0.1, -0.05) is 16.6 Å². The Morgan fingerprint density at radius 3 is 2.63 bits per heavy atom. The lowest BCUT2D eigenvalue weighted by atomic mass is 10.0. The first kappa shape index (κ1) is 13.9. The Bertz CT molecular complexity index is 512. The number of aryl methyl sites for hydroxylation is 2. The SMILES string of the molecule is COc1ccc(CCC(NN)c2snnc2C)cc1. The minimum absolute atomic E-state index is 0.0992. The fourth-order valence-corrected chi connectivity index (χ4v) is 2.69. The first-order valence-corrected chi connectivity index (χ1v) is 6.90. The average molecular weight is 278 g/mol. The van der Waals surface area contributed by atoms with Crippen LogP contribution in [0, 0.1) is 6.92 Å². The second-order valence-electron chi connectivity index (χ2n) is 4.33. The van der Waals surface area contributed by atoms with Crippen molar-refractivity contribution >= 4 is 11.5 Å². The summed E-state index contributed by atoms with van der Waals surface area (Å²) in [6, 6.07) is 8.19. The van der Waals surface area contributed by atoms with Gasteiger partial charge in [0.15, 0.2) is 0 Å². The lowest BCUT2D eigenvalue weighted by Gasteiger charge is -2.14. The number of rotatable bonds is 6. The zero-order valence-corrected chi connectivity index (χ0v) is 11.9. The van der Waals surface area contributed by atoms with E-state index in [1.165, 1.54) is 17.1 Å². The fraction of sp³-hybridized carbons (Fsp3) is 0.385. The molecule has 0 aliphatic heterocycles. The van der Waals surface area contributed by atoms with E-state index in [9.17, 15) is 0 Å². The van der Waals surface area contributed by atoms with Gasteiger partial charge < -0.3 is 4.74 Å². The van der Waals surface area contributed by atoms with Crippen molar-refractivity contribution in [3.8, 4) is 5.75 Å². The Morgan fingerprint density at radius 1 is 1.37 bits per heavy atom. The zero-order valence-electron chi connectivity index (χ0n) is 11.1. The number of nitrogens with two attached hydrogens (primary N) is 1. The summed E-state index contributed by atoms with van der Waals surface area (Å²) >= 11 is 1.40. The standard InChI is InChI=1S/C13H18N4OS/c1-9-13(19-17-16-9)12(15-14)8-5-10-3-6-11(18-2)7-4-10/h3-4,6-7,12,15H,5,8,14H2,1-2H3. The smallest absolute Gasteiger partial charge is 0.118 e. The highest BCUT2D eigenvalue weighted by Gasteiger charge is 2.15. The zero-order chi connectivity index (χ0) is 13.7. The molecule has 6 heteroatoms. The molecule has 2 rings (SSSR count). The summed E-state index contributed by atoms with van der Waals surface area (Å²) in [5.74, 6) is 6.50. The number of hydrazine groups is 1. The lowest BCUT2D eigenvalue weighted by Crippen LogP contribution is -2.28. The molecule has 0 fully saturated rings. The Kier molecular flexibility index (Phi) is 4.84. The molecule has 0 bridgehead atoms. The molecule has 1 atom stereocenters. The molecular formula is C13H18N4OS. The predicted octanol–water partition coefficient (Wildman–Crippen LogP) is 1.99. The van der Waals surface area contributed by atoms with Crippen molar-refractivity contribution in [2.75, 3.05) is 7.11 Å². The molecule has 0 saturated carbocycles. The average Bonchev–Trinajstić information content (AvgIpc) is 2.87. The highest BCUT2D eigenvalue weighted by Crippen LogP contribution is 2.24.